The number of rotatable bonds is 5. The number of hydrogen-bond acceptors (Lipinski definition) is 2. The molecule has 0 aromatic heterocycles. The molecule has 0 aliphatic heterocycles. The van der Waals surface area contributed by atoms with E-state index in [1.165, 1.54) is 0 Å². The SMILES string of the molecule is SC(C=CSCc1ccc(Cl)cc1Cl)=Nc1ccccc1. The van der Waals surface area contributed by atoms with Crippen molar-refractivity contribution in [1.82, 2.24) is 0 Å². The normalized spacial score (nSPS) is 12.0. The molecule has 0 N–H and O–H groups in total. The van der Waals surface area contributed by atoms with Gasteiger partial charge in [-0.2, -0.15) is 0 Å². The van der Waals surface area contributed by atoms with Gasteiger partial charge in [-0.15, -0.1) is 24.4 Å². The molecule has 0 saturated heterocycles. The van der Waals surface area contributed by atoms with E-state index in [2.05, 4.69) is 17.6 Å². The molecule has 0 atom stereocenters. The number of para-hydroxylation sites is 1. The maximum atomic E-state index is 6.12. The van der Waals surface area contributed by atoms with Crippen molar-refractivity contribution in [3.63, 3.8) is 0 Å². The molecule has 21 heavy (non-hydrogen) atoms. The van der Waals surface area contributed by atoms with Gasteiger partial charge in [-0.3, -0.25) is 0 Å². The number of halogens is 2. The first-order valence-corrected chi connectivity index (χ1v) is 8.45. The van der Waals surface area contributed by atoms with E-state index in [1.807, 2.05) is 53.9 Å². The van der Waals surface area contributed by atoms with E-state index >= 15 is 0 Å². The molecule has 2 aromatic carbocycles. The highest BCUT2D eigenvalue weighted by Crippen LogP contribution is 2.25. The highest BCUT2D eigenvalue weighted by Gasteiger charge is 2.00. The van der Waals surface area contributed by atoms with Gasteiger partial charge < -0.3 is 0 Å². The molecule has 0 unspecified atom stereocenters. The lowest BCUT2D eigenvalue weighted by Crippen LogP contribution is -1.82. The van der Waals surface area contributed by atoms with Crippen molar-refractivity contribution in [2.75, 3.05) is 0 Å². The fourth-order valence-electron chi connectivity index (χ4n) is 1.56. The van der Waals surface area contributed by atoms with Crippen molar-refractivity contribution in [1.29, 1.82) is 0 Å². The second-order valence-electron chi connectivity index (χ2n) is 4.16. The van der Waals surface area contributed by atoms with Crippen molar-refractivity contribution in [2.45, 2.75) is 5.75 Å². The largest absolute Gasteiger partial charge is 0.242 e. The standard InChI is InChI=1S/C16H13Cl2NS2/c17-13-7-6-12(15(18)10-13)11-21-9-8-16(20)19-14-4-2-1-3-5-14/h1-10H,11H2,(H,19,20). The first kappa shape index (κ1) is 16.5. The molecule has 0 spiro atoms. The van der Waals surface area contributed by atoms with Crippen LogP contribution >= 0.6 is 47.6 Å². The molecule has 0 aliphatic rings. The van der Waals surface area contributed by atoms with E-state index in [0.29, 0.717) is 15.1 Å². The third-order valence-electron chi connectivity index (χ3n) is 2.57. The van der Waals surface area contributed by atoms with Gasteiger partial charge in [-0.25, -0.2) is 4.99 Å². The zero-order chi connectivity index (χ0) is 15.1. The minimum absolute atomic E-state index is 0.650. The molecule has 1 nitrogen and oxygen atoms in total. The van der Waals surface area contributed by atoms with Gasteiger partial charge in [-0.1, -0.05) is 47.5 Å². The summed E-state index contributed by atoms with van der Waals surface area (Å²) in [6, 6.07) is 15.2. The maximum Gasteiger partial charge on any atom is 0.0941 e. The van der Waals surface area contributed by atoms with Crippen LogP contribution in [0, 0.1) is 0 Å². The Labute approximate surface area is 144 Å². The summed E-state index contributed by atoms with van der Waals surface area (Å²) >= 11 is 18.0. The monoisotopic (exact) mass is 353 g/mol. The fraction of sp³-hybridized carbons (Fsp3) is 0.0625. The second kappa shape index (κ2) is 8.54. The molecule has 0 heterocycles. The number of benzene rings is 2. The van der Waals surface area contributed by atoms with Crippen LogP contribution in [0.5, 0.6) is 0 Å². The minimum Gasteiger partial charge on any atom is -0.242 e. The van der Waals surface area contributed by atoms with Crippen LogP contribution in [-0.2, 0) is 5.75 Å². The summed E-state index contributed by atoms with van der Waals surface area (Å²) in [6.07, 6.45) is 1.87. The van der Waals surface area contributed by atoms with Gasteiger partial charge in [0, 0.05) is 15.8 Å². The molecule has 0 fully saturated rings. The Kier molecular flexibility index (Phi) is 6.71. The van der Waals surface area contributed by atoms with Crippen LogP contribution in [0.2, 0.25) is 10.0 Å². The Bertz CT molecular complexity index is 655. The van der Waals surface area contributed by atoms with Crippen LogP contribution in [0.15, 0.2) is 65.0 Å². The second-order valence-corrected chi connectivity index (χ2v) is 6.35. The smallest absolute Gasteiger partial charge is 0.0941 e. The lowest BCUT2D eigenvalue weighted by Gasteiger charge is -2.02. The summed E-state index contributed by atoms with van der Waals surface area (Å²) in [5.41, 5.74) is 1.94. The molecular weight excluding hydrogens is 341 g/mol. The summed E-state index contributed by atoms with van der Waals surface area (Å²) in [6.45, 7) is 0. The molecule has 5 heteroatoms. The Balaban J connectivity index is 1.89. The molecule has 2 rings (SSSR count). The van der Waals surface area contributed by atoms with Crippen molar-refractivity contribution in [3.8, 4) is 0 Å². The van der Waals surface area contributed by atoms with Crippen molar-refractivity contribution < 1.29 is 0 Å². The first-order chi connectivity index (χ1) is 10.1. The molecular formula is C16H13Cl2NS2. The lowest BCUT2D eigenvalue weighted by atomic mass is 10.2. The van der Waals surface area contributed by atoms with Crippen molar-refractivity contribution in [2.24, 2.45) is 4.99 Å². The molecule has 0 saturated carbocycles. The van der Waals surface area contributed by atoms with Gasteiger partial charge in [0.2, 0.25) is 0 Å². The first-order valence-electron chi connectivity index (χ1n) is 6.20. The number of aliphatic imine (C=N–C) groups is 1. The predicted molar refractivity (Wildman–Crippen MR) is 99.4 cm³/mol. The van der Waals surface area contributed by atoms with Gasteiger partial charge in [0.05, 0.1) is 10.7 Å². The van der Waals surface area contributed by atoms with Gasteiger partial charge in [-0.05, 0) is 41.3 Å². The maximum absolute atomic E-state index is 6.12. The number of nitrogens with zero attached hydrogens (tertiary/aromatic N) is 1. The zero-order valence-electron chi connectivity index (χ0n) is 11.0. The van der Waals surface area contributed by atoms with E-state index in [1.54, 1.807) is 17.8 Å². The Hall–Kier alpha value is -0.870. The average Bonchev–Trinajstić information content (AvgIpc) is 2.46. The quantitative estimate of drug-likeness (QED) is 0.372. The van der Waals surface area contributed by atoms with Gasteiger partial charge in [0.25, 0.3) is 0 Å². The third-order valence-corrected chi connectivity index (χ3v) is 4.21. The highest BCUT2D eigenvalue weighted by atomic mass is 35.5. The van der Waals surface area contributed by atoms with Crippen LogP contribution in [0.25, 0.3) is 0 Å². The molecule has 2 aromatic rings. The molecule has 0 radical (unpaired) electrons. The van der Waals surface area contributed by atoms with E-state index in [0.717, 1.165) is 17.0 Å². The van der Waals surface area contributed by atoms with Crippen LogP contribution in [0.4, 0.5) is 5.69 Å². The van der Waals surface area contributed by atoms with E-state index < -0.39 is 0 Å². The summed E-state index contributed by atoms with van der Waals surface area (Å²) < 4.78 is 0. The number of thiol groups is 1. The summed E-state index contributed by atoms with van der Waals surface area (Å²) in [4.78, 5) is 4.37. The van der Waals surface area contributed by atoms with Gasteiger partial charge >= 0.3 is 0 Å². The number of thioether (sulfide) groups is 1. The van der Waals surface area contributed by atoms with Crippen LogP contribution in [0.3, 0.4) is 0 Å². The predicted octanol–water partition coefficient (Wildman–Crippen LogP) is 6.40. The average molecular weight is 354 g/mol. The highest BCUT2D eigenvalue weighted by molar-refractivity contribution is 8.01. The Morgan fingerprint density at radius 1 is 1.14 bits per heavy atom. The lowest BCUT2D eigenvalue weighted by molar-refractivity contribution is 1.42. The zero-order valence-corrected chi connectivity index (χ0v) is 14.3. The summed E-state index contributed by atoms with van der Waals surface area (Å²) in [5, 5.41) is 3.96. The summed E-state index contributed by atoms with van der Waals surface area (Å²) in [7, 11) is 0. The molecule has 108 valence electrons. The fourth-order valence-corrected chi connectivity index (χ4v) is 3.16. The van der Waals surface area contributed by atoms with Crippen molar-refractivity contribution >= 4 is 58.3 Å². The molecule has 0 bridgehead atoms. The minimum atomic E-state index is 0.650. The van der Waals surface area contributed by atoms with Crippen LogP contribution in [-0.4, -0.2) is 5.04 Å². The van der Waals surface area contributed by atoms with Crippen LogP contribution < -0.4 is 0 Å². The van der Waals surface area contributed by atoms with E-state index in [4.69, 9.17) is 23.2 Å². The van der Waals surface area contributed by atoms with Gasteiger partial charge in [0.1, 0.15) is 0 Å². The van der Waals surface area contributed by atoms with E-state index in [-0.39, 0.29) is 0 Å². The Morgan fingerprint density at radius 2 is 1.90 bits per heavy atom. The summed E-state index contributed by atoms with van der Waals surface area (Å²) in [5.74, 6) is 0.777. The molecule has 0 amide bonds. The van der Waals surface area contributed by atoms with Gasteiger partial charge in [0.15, 0.2) is 0 Å². The number of hydrogen-bond donors (Lipinski definition) is 1. The van der Waals surface area contributed by atoms with Crippen LogP contribution in [0.1, 0.15) is 5.56 Å². The third kappa shape index (κ3) is 5.79. The topological polar surface area (TPSA) is 12.4 Å². The van der Waals surface area contributed by atoms with E-state index in [9.17, 15) is 0 Å². The Morgan fingerprint density at radius 3 is 2.62 bits per heavy atom. The van der Waals surface area contributed by atoms with Crippen molar-refractivity contribution in [3.05, 3.63) is 75.6 Å². The molecule has 0 aliphatic carbocycles.